The van der Waals surface area contributed by atoms with Crippen LogP contribution >= 0.6 is 0 Å². The fourth-order valence-electron chi connectivity index (χ4n) is 3.15. The molecule has 1 atom stereocenters. The van der Waals surface area contributed by atoms with Crippen molar-refractivity contribution >= 4 is 0 Å². The molecule has 1 aliphatic heterocycles. The maximum atomic E-state index is 12.8. The predicted molar refractivity (Wildman–Crippen MR) is 83.4 cm³/mol. The topological polar surface area (TPSA) is 21.3 Å². The van der Waals surface area contributed by atoms with E-state index < -0.39 is 6.67 Å². The van der Waals surface area contributed by atoms with Gasteiger partial charge < -0.3 is 10.1 Å². The van der Waals surface area contributed by atoms with Crippen LogP contribution < -0.4 is 10.1 Å². The van der Waals surface area contributed by atoms with E-state index in [1.54, 1.807) is 13.2 Å². The van der Waals surface area contributed by atoms with E-state index in [2.05, 4.69) is 30.4 Å². The molecule has 110 valence electrons. The van der Waals surface area contributed by atoms with Crippen molar-refractivity contribution in [1.82, 2.24) is 5.32 Å². The molecule has 3 heteroatoms. The first-order valence-electron chi connectivity index (χ1n) is 7.30. The van der Waals surface area contributed by atoms with Crippen molar-refractivity contribution in [2.24, 2.45) is 0 Å². The summed E-state index contributed by atoms with van der Waals surface area (Å²) in [7, 11) is 1.64. The van der Waals surface area contributed by atoms with Gasteiger partial charge in [-0.25, -0.2) is 4.39 Å². The second kappa shape index (κ2) is 5.86. The Morgan fingerprint density at radius 1 is 1.24 bits per heavy atom. The third kappa shape index (κ3) is 2.54. The van der Waals surface area contributed by atoms with Crippen LogP contribution in [0.25, 0.3) is 11.1 Å². The number of ether oxygens (including phenoxy) is 1. The quantitative estimate of drug-likeness (QED) is 0.919. The second-order valence-electron chi connectivity index (χ2n) is 5.58. The van der Waals surface area contributed by atoms with E-state index in [1.165, 1.54) is 16.7 Å². The summed E-state index contributed by atoms with van der Waals surface area (Å²) in [5, 5.41) is 3.44. The fraction of sp³-hybridized carbons (Fsp3) is 0.333. The van der Waals surface area contributed by atoms with Crippen LogP contribution in [0.2, 0.25) is 0 Å². The van der Waals surface area contributed by atoms with Gasteiger partial charge in [0.15, 0.2) is 0 Å². The Morgan fingerprint density at radius 3 is 2.86 bits per heavy atom. The Balaban J connectivity index is 2.17. The Labute approximate surface area is 125 Å². The monoisotopic (exact) mass is 285 g/mol. The minimum atomic E-state index is -0.468. The molecule has 0 amide bonds. The first kappa shape index (κ1) is 14.1. The van der Waals surface area contributed by atoms with Crippen LogP contribution in [0, 0.1) is 0 Å². The molecule has 0 aromatic heterocycles. The molecule has 0 aliphatic carbocycles. The predicted octanol–water partition coefficient (Wildman–Crippen LogP) is 4.04. The van der Waals surface area contributed by atoms with E-state index in [0.29, 0.717) is 11.5 Å². The number of alkyl halides is 1. The minimum absolute atomic E-state index is 0.454. The van der Waals surface area contributed by atoms with Gasteiger partial charge in [0.05, 0.1) is 7.11 Å². The van der Waals surface area contributed by atoms with Gasteiger partial charge in [0, 0.05) is 18.7 Å². The van der Waals surface area contributed by atoms with E-state index in [0.717, 1.165) is 24.4 Å². The largest absolute Gasteiger partial charge is 0.496 e. The number of methoxy groups -OCH3 is 1. The molecule has 1 heterocycles. The van der Waals surface area contributed by atoms with E-state index in [4.69, 9.17) is 4.74 Å². The van der Waals surface area contributed by atoms with Crippen LogP contribution in [0.4, 0.5) is 4.39 Å². The van der Waals surface area contributed by atoms with E-state index >= 15 is 0 Å². The van der Waals surface area contributed by atoms with Crippen molar-refractivity contribution < 1.29 is 9.13 Å². The van der Waals surface area contributed by atoms with E-state index in [1.807, 2.05) is 12.1 Å². The molecule has 1 N–H and O–H groups in total. The number of nitrogens with one attached hydrogen (secondary N) is 1. The molecule has 2 aromatic rings. The summed E-state index contributed by atoms with van der Waals surface area (Å²) >= 11 is 0. The minimum Gasteiger partial charge on any atom is -0.496 e. The number of hydrogen-bond acceptors (Lipinski definition) is 2. The van der Waals surface area contributed by atoms with Crippen LogP contribution in [0.3, 0.4) is 0 Å². The molecule has 1 aliphatic rings. The number of benzene rings is 2. The van der Waals surface area contributed by atoms with Gasteiger partial charge in [0.25, 0.3) is 0 Å². The molecule has 3 rings (SSSR count). The Bertz CT molecular complexity index is 654. The smallest absolute Gasteiger partial charge is 0.127 e. The fourth-order valence-corrected chi connectivity index (χ4v) is 3.15. The van der Waals surface area contributed by atoms with Gasteiger partial charge in [-0.2, -0.15) is 0 Å². The van der Waals surface area contributed by atoms with Crippen LogP contribution in [-0.2, 0) is 13.2 Å². The van der Waals surface area contributed by atoms with Crippen molar-refractivity contribution in [3.05, 3.63) is 53.1 Å². The highest BCUT2D eigenvalue weighted by atomic mass is 19.1. The summed E-state index contributed by atoms with van der Waals surface area (Å²) in [4.78, 5) is 0. The zero-order valence-corrected chi connectivity index (χ0v) is 12.4. The average Bonchev–Trinajstić information content (AvgIpc) is 2.54. The molecule has 1 unspecified atom stereocenters. The summed E-state index contributed by atoms with van der Waals surface area (Å²) in [5.74, 6) is 1.19. The van der Waals surface area contributed by atoms with Gasteiger partial charge in [0.2, 0.25) is 0 Å². The maximum Gasteiger partial charge on any atom is 0.127 e. The van der Waals surface area contributed by atoms with Gasteiger partial charge in [-0.1, -0.05) is 37.3 Å². The number of hydrogen-bond donors (Lipinski definition) is 1. The lowest BCUT2D eigenvalue weighted by molar-refractivity contribution is 0.413. The summed E-state index contributed by atoms with van der Waals surface area (Å²) < 4.78 is 18.3. The molecule has 0 saturated heterocycles. The Hall–Kier alpha value is -1.87. The highest BCUT2D eigenvalue weighted by Gasteiger charge is 2.21. The Morgan fingerprint density at radius 2 is 2.10 bits per heavy atom. The molecule has 21 heavy (non-hydrogen) atoms. The van der Waals surface area contributed by atoms with Gasteiger partial charge >= 0.3 is 0 Å². The number of fused-ring (bicyclic) bond motifs is 1. The van der Waals surface area contributed by atoms with Gasteiger partial charge in [0.1, 0.15) is 12.4 Å². The molecule has 2 nitrogen and oxygen atoms in total. The molecule has 0 bridgehead atoms. The Kier molecular flexibility index (Phi) is 3.93. The summed E-state index contributed by atoms with van der Waals surface area (Å²) in [5.41, 5.74) is 5.60. The van der Waals surface area contributed by atoms with Crippen molar-refractivity contribution in [1.29, 1.82) is 0 Å². The molecule has 0 radical (unpaired) electrons. The highest BCUT2D eigenvalue weighted by Crippen LogP contribution is 2.38. The van der Waals surface area contributed by atoms with Crippen molar-refractivity contribution in [3.63, 3.8) is 0 Å². The summed E-state index contributed by atoms with van der Waals surface area (Å²) in [6, 6.07) is 12.0. The third-order valence-electron chi connectivity index (χ3n) is 4.17. The number of rotatable bonds is 3. The first-order valence-corrected chi connectivity index (χ1v) is 7.30. The normalized spacial score (nSPS) is 17.4. The molecule has 0 fully saturated rings. The van der Waals surface area contributed by atoms with Crippen molar-refractivity contribution in [2.45, 2.75) is 26.1 Å². The van der Waals surface area contributed by atoms with E-state index in [9.17, 15) is 4.39 Å². The van der Waals surface area contributed by atoms with Gasteiger partial charge in [-0.15, -0.1) is 0 Å². The van der Waals surface area contributed by atoms with Crippen LogP contribution in [0.1, 0.15) is 29.5 Å². The van der Waals surface area contributed by atoms with Crippen LogP contribution in [-0.4, -0.2) is 13.7 Å². The lowest BCUT2D eigenvalue weighted by atomic mass is 9.85. The van der Waals surface area contributed by atoms with Crippen molar-refractivity contribution in [2.75, 3.05) is 13.7 Å². The lowest BCUT2D eigenvalue weighted by Gasteiger charge is -2.27. The van der Waals surface area contributed by atoms with Crippen LogP contribution in [0.5, 0.6) is 5.75 Å². The average molecular weight is 285 g/mol. The van der Waals surface area contributed by atoms with Crippen LogP contribution in [0.15, 0.2) is 36.4 Å². The van der Waals surface area contributed by atoms with Crippen molar-refractivity contribution in [3.8, 4) is 16.9 Å². The standard InChI is InChI=1S/C18H20FNO/c1-12-10-20-11-14-4-3-5-16(18(12)14)15-7-6-13(9-19)8-17(15)21-2/h3-8,12,20H,9-11H2,1-2H3. The van der Waals surface area contributed by atoms with E-state index in [-0.39, 0.29) is 0 Å². The lowest BCUT2D eigenvalue weighted by Crippen LogP contribution is -2.27. The number of halogens is 1. The maximum absolute atomic E-state index is 12.8. The molecular weight excluding hydrogens is 265 g/mol. The zero-order valence-electron chi connectivity index (χ0n) is 12.4. The molecular formula is C18H20FNO. The SMILES string of the molecule is COc1cc(CF)ccc1-c1cccc2c1C(C)CNC2. The first-order chi connectivity index (χ1) is 10.2. The zero-order chi connectivity index (χ0) is 14.8. The molecule has 2 aromatic carbocycles. The summed E-state index contributed by atoms with van der Waals surface area (Å²) in [6.07, 6.45) is 0. The second-order valence-corrected chi connectivity index (χ2v) is 5.58. The molecule has 0 spiro atoms. The summed E-state index contributed by atoms with van der Waals surface area (Å²) in [6.45, 7) is 3.65. The molecule has 0 saturated carbocycles. The van der Waals surface area contributed by atoms with Gasteiger partial charge in [-0.3, -0.25) is 0 Å². The third-order valence-corrected chi connectivity index (χ3v) is 4.17. The highest BCUT2D eigenvalue weighted by molar-refractivity contribution is 5.75. The van der Waals surface area contributed by atoms with Gasteiger partial charge in [-0.05, 0) is 34.2 Å².